The Morgan fingerprint density at radius 3 is 1.29 bits per heavy atom. The lowest BCUT2D eigenvalue weighted by Gasteiger charge is -2.16. The van der Waals surface area contributed by atoms with Crippen LogP contribution in [0.2, 0.25) is 0 Å². The van der Waals surface area contributed by atoms with Crippen LogP contribution in [0.15, 0.2) is 162 Å². The molecular weight excluding hydrogens is 548 g/mol. The number of para-hydroxylation sites is 6. The van der Waals surface area contributed by atoms with Gasteiger partial charge in [-0.05, 0) is 54.1 Å². The van der Waals surface area contributed by atoms with Gasteiger partial charge in [-0.2, -0.15) is 0 Å². The summed E-state index contributed by atoms with van der Waals surface area (Å²) < 4.78 is 11.4. The van der Waals surface area contributed by atoms with Crippen LogP contribution in [0, 0.1) is 0 Å². The Morgan fingerprint density at radius 1 is 0.356 bits per heavy atom. The zero-order valence-corrected chi connectivity index (χ0v) is 24.3. The second kappa shape index (κ2) is 9.22. The van der Waals surface area contributed by atoms with Crippen molar-refractivity contribution < 1.29 is 4.42 Å². The molecule has 3 heterocycles. The summed E-state index contributed by atoms with van der Waals surface area (Å²) in [5.41, 5.74) is 11.0. The van der Waals surface area contributed by atoms with Crippen molar-refractivity contribution in [3.63, 3.8) is 0 Å². The first-order valence-electron chi connectivity index (χ1n) is 15.4. The molecule has 0 aliphatic heterocycles. The number of aromatic nitrogens is 2. The van der Waals surface area contributed by atoms with Crippen LogP contribution < -0.4 is 0 Å². The van der Waals surface area contributed by atoms with Crippen LogP contribution in [-0.4, -0.2) is 9.13 Å². The summed E-state index contributed by atoms with van der Waals surface area (Å²) in [5.74, 6) is 0. The molecule has 0 aliphatic carbocycles. The molecule has 210 valence electrons. The number of fused-ring (bicyclic) bond motifs is 9. The van der Waals surface area contributed by atoms with Gasteiger partial charge in [0.25, 0.3) is 0 Å². The number of hydrogen-bond acceptors (Lipinski definition) is 1. The van der Waals surface area contributed by atoms with Crippen LogP contribution in [0.5, 0.6) is 0 Å². The average molecular weight is 575 g/mol. The highest BCUT2D eigenvalue weighted by Gasteiger charge is 2.19. The number of hydrogen-bond donors (Lipinski definition) is 0. The van der Waals surface area contributed by atoms with E-state index >= 15 is 0 Å². The van der Waals surface area contributed by atoms with Gasteiger partial charge >= 0.3 is 0 Å². The van der Waals surface area contributed by atoms with E-state index in [9.17, 15) is 0 Å². The number of benzene rings is 7. The highest BCUT2D eigenvalue weighted by atomic mass is 16.3. The van der Waals surface area contributed by atoms with Crippen molar-refractivity contribution >= 4 is 65.6 Å². The molecule has 10 aromatic rings. The molecule has 0 bridgehead atoms. The molecule has 0 fully saturated rings. The monoisotopic (exact) mass is 574 g/mol. The maximum absolute atomic E-state index is 6.57. The lowest BCUT2D eigenvalue weighted by molar-refractivity contribution is 0.670. The Bertz CT molecular complexity index is 2530. The highest BCUT2D eigenvalue weighted by molar-refractivity contribution is 6.12. The standard InChI is InChI=1S/C42H26N2O/c1-6-19-37-31(12-1)32-13-2-7-20-38(32)43(37)28-24-27(30-17-11-18-36-35-16-5-10-23-41(35)45-42(30)36)25-29(26-28)44-39-21-8-3-14-33(39)34-15-4-9-22-40(34)44/h1-26H. The summed E-state index contributed by atoms with van der Waals surface area (Å²) in [6.45, 7) is 0. The predicted molar refractivity (Wildman–Crippen MR) is 188 cm³/mol. The summed E-state index contributed by atoms with van der Waals surface area (Å²) in [6, 6.07) is 56.6. The van der Waals surface area contributed by atoms with Gasteiger partial charge in [0, 0.05) is 49.3 Å². The normalized spacial score (nSPS) is 12.0. The van der Waals surface area contributed by atoms with Gasteiger partial charge in [-0.15, -0.1) is 0 Å². The molecule has 0 aliphatic rings. The van der Waals surface area contributed by atoms with E-state index in [-0.39, 0.29) is 0 Å². The Hall–Kier alpha value is -6.06. The van der Waals surface area contributed by atoms with Crippen molar-refractivity contribution in [3.05, 3.63) is 158 Å². The van der Waals surface area contributed by atoms with Crippen molar-refractivity contribution in [2.45, 2.75) is 0 Å². The molecule has 3 nitrogen and oxygen atoms in total. The Balaban J connectivity index is 1.35. The summed E-state index contributed by atoms with van der Waals surface area (Å²) in [6.07, 6.45) is 0. The van der Waals surface area contributed by atoms with E-state index in [0.29, 0.717) is 0 Å². The fourth-order valence-corrected chi connectivity index (χ4v) is 7.38. The molecule has 0 atom stereocenters. The molecular formula is C42H26N2O. The first-order valence-corrected chi connectivity index (χ1v) is 15.4. The SMILES string of the molecule is c1ccc2c(c1)oc1c(-c3cc(-n4c5ccccc5c5ccccc54)cc(-n4c5ccccc5c5ccccc54)c3)cccc12. The van der Waals surface area contributed by atoms with Gasteiger partial charge in [0.1, 0.15) is 11.2 Å². The number of rotatable bonds is 3. The zero-order valence-electron chi connectivity index (χ0n) is 24.3. The van der Waals surface area contributed by atoms with Gasteiger partial charge in [-0.25, -0.2) is 0 Å². The van der Waals surface area contributed by atoms with E-state index in [1.54, 1.807) is 0 Å². The fourth-order valence-electron chi connectivity index (χ4n) is 7.38. The van der Waals surface area contributed by atoms with E-state index in [0.717, 1.165) is 44.4 Å². The van der Waals surface area contributed by atoms with Crippen molar-refractivity contribution in [1.29, 1.82) is 0 Å². The van der Waals surface area contributed by atoms with Crippen LogP contribution in [0.3, 0.4) is 0 Å². The van der Waals surface area contributed by atoms with Gasteiger partial charge in [0.2, 0.25) is 0 Å². The topological polar surface area (TPSA) is 23.0 Å². The van der Waals surface area contributed by atoms with Crippen LogP contribution in [0.25, 0.3) is 88.1 Å². The molecule has 45 heavy (non-hydrogen) atoms. The predicted octanol–water partition coefficient (Wildman–Crippen LogP) is 11.4. The van der Waals surface area contributed by atoms with Crippen molar-refractivity contribution in [2.75, 3.05) is 0 Å². The van der Waals surface area contributed by atoms with Crippen molar-refractivity contribution in [2.24, 2.45) is 0 Å². The van der Waals surface area contributed by atoms with Gasteiger partial charge < -0.3 is 13.6 Å². The molecule has 10 rings (SSSR count). The van der Waals surface area contributed by atoms with Gasteiger partial charge in [-0.3, -0.25) is 0 Å². The molecule has 0 N–H and O–H groups in total. The molecule has 7 aromatic carbocycles. The quantitative estimate of drug-likeness (QED) is 0.206. The molecule has 0 saturated carbocycles. The highest BCUT2D eigenvalue weighted by Crippen LogP contribution is 2.40. The third-order valence-corrected chi connectivity index (χ3v) is 9.29. The summed E-state index contributed by atoms with van der Waals surface area (Å²) in [5, 5.41) is 7.25. The van der Waals surface area contributed by atoms with Crippen LogP contribution in [0.4, 0.5) is 0 Å². The maximum atomic E-state index is 6.57. The third kappa shape index (κ3) is 3.46. The zero-order chi connectivity index (χ0) is 29.5. The molecule has 0 spiro atoms. The Labute approximate surface area is 258 Å². The lowest BCUT2D eigenvalue weighted by atomic mass is 10.0. The first kappa shape index (κ1) is 24.4. The smallest absolute Gasteiger partial charge is 0.143 e. The molecule has 0 saturated heterocycles. The molecule has 0 radical (unpaired) electrons. The van der Waals surface area contributed by atoms with Gasteiger partial charge in [-0.1, -0.05) is 109 Å². The maximum Gasteiger partial charge on any atom is 0.143 e. The first-order chi connectivity index (χ1) is 22.3. The van der Waals surface area contributed by atoms with E-state index in [1.807, 2.05) is 6.07 Å². The Kier molecular flexibility index (Phi) is 5.00. The largest absolute Gasteiger partial charge is 0.455 e. The van der Waals surface area contributed by atoms with Crippen LogP contribution in [-0.2, 0) is 0 Å². The van der Waals surface area contributed by atoms with Crippen molar-refractivity contribution in [1.82, 2.24) is 9.13 Å². The summed E-state index contributed by atoms with van der Waals surface area (Å²) >= 11 is 0. The Morgan fingerprint density at radius 2 is 0.778 bits per heavy atom. The average Bonchev–Trinajstić information content (AvgIpc) is 3.76. The second-order valence-corrected chi connectivity index (χ2v) is 11.8. The minimum absolute atomic E-state index is 0.904. The number of nitrogens with zero attached hydrogens (tertiary/aromatic N) is 2. The molecule has 3 aromatic heterocycles. The fraction of sp³-hybridized carbons (Fsp3) is 0. The summed E-state index contributed by atoms with van der Waals surface area (Å²) in [4.78, 5) is 0. The third-order valence-electron chi connectivity index (χ3n) is 9.29. The lowest BCUT2D eigenvalue weighted by Crippen LogP contribution is -2.00. The van der Waals surface area contributed by atoms with E-state index < -0.39 is 0 Å². The number of furan rings is 1. The molecule has 0 amide bonds. The van der Waals surface area contributed by atoms with E-state index in [4.69, 9.17) is 4.42 Å². The van der Waals surface area contributed by atoms with Crippen LogP contribution in [0.1, 0.15) is 0 Å². The van der Waals surface area contributed by atoms with Crippen molar-refractivity contribution in [3.8, 4) is 22.5 Å². The molecule has 0 unspecified atom stereocenters. The van der Waals surface area contributed by atoms with Gasteiger partial charge in [0.15, 0.2) is 0 Å². The van der Waals surface area contributed by atoms with E-state index in [2.05, 4.69) is 161 Å². The minimum Gasteiger partial charge on any atom is -0.455 e. The minimum atomic E-state index is 0.904. The van der Waals surface area contributed by atoms with Crippen LogP contribution >= 0.6 is 0 Å². The van der Waals surface area contributed by atoms with Gasteiger partial charge in [0.05, 0.1) is 22.1 Å². The summed E-state index contributed by atoms with van der Waals surface area (Å²) in [7, 11) is 0. The van der Waals surface area contributed by atoms with E-state index in [1.165, 1.54) is 43.6 Å². The second-order valence-electron chi connectivity index (χ2n) is 11.8. The molecule has 3 heteroatoms.